The fourth-order valence-electron chi connectivity index (χ4n) is 1.19. The van der Waals surface area contributed by atoms with Crippen molar-refractivity contribution in [3.8, 4) is 0 Å². The average Bonchev–Trinajstić information content (AvgIpc) is 2.61. The lowest BCUT2D eigenvalue weighted by molar-refractivity contribution is 0.511. The molecule has 98 valence electrons. The molecule has 0 fully saturated rings. The van der Waals surface area contributed by atoms with E-state index in [1.807, 2.05) is 0 Å². The standard InChI is InChI=1S/C8H15N3O4S2/c1-10(2)17(14,15)7-6-11-5-4-9-8(11)16(3,12)13/h4-5H,6-7H2,1-3H3. The van der Waals surface area contributed by atoms with Gasteiger partial charge in [0.25, 0.3) is 0 Å². The maximum absolute atomic E-state index is 11.5. The lowest BCUT2D eigenvalue weighted by Crippen LogP contribution is -2.27. The molecule has 0 N–H and O–H groups in total. The van der Waals surface area contributed by atoms with Gasteiger partial charge in [0.2, 0.25) is 25.0 Å². The highest BCUT2D eigenvalue weighted by Crippen LogP contribution is 2.07. The maximum atomic E-state index is 11.5. The monoisotopic (exact) mass is 281 g/mol. The molecule has 0 radical (unpaired) electrons. The zero-order chi connectivity index (χ0) is 13.3. The third kappa shape index (κ3) is 3.51. The van der Waals surface area contributed by atoms with Crippen LogP contribution in [0.2, 0.25) is 0 Å². The second-order valence-electron chi connectivity index (χ2n) is 3.77. The van der Waals surface area contributed by atoms with Crippen molar-refractivity contribution < 1.29 is 16.8 Å². The van der Waals surface area contributed by atoms with E-state index in [2.05, 4.69) is 4.98 Å². The van der Waals surface area contributed by atoms with Crippen molar-refractivity contribution in [2.75, 3.05) is 26.1 Å². The molecule has 1 rings (SSSR count). The van der Waals surface area contributed by atoms with Gasteiger partial charge in [-0.3, -0.25) is 0 Å². The van der Waals surface area contributed by atoms with Gasteiger partial charge < -0.3 is 4.57 Å². The minimum atomic E-state index is -3.43. The van der Waals surface area contributed by atoms with Crippen LogP contribution >= 0.6 is 0 Å². The largest absolute Gasteiger partial charge is 0.321 e. The molecule has 0 aliphatic carbocycles. The van der Waals surface area contributed by atoms with Gasteiger partial charge in [-0.25, -0.2) is 26.1 Å². The molecule has 1 heterocycles. The molecule has 0 aromatic carbocycles. The molecule has 1 aromatic rings. The van der Waals surface area contributed by atoms with Gasteiger partial charge in [-0.1, -0.05) is 0 Å². The van der Waals surface area contributed by atoms with Gasteiger partial charge in [-0.05, 0) is 0 Å². The first-order valence-electron chi connectivity index (χ1n) is 4.76. The lowest BCUT2D eigenvalue weighted by atomic mass is 10.7. The second-order valence-corrected chi connectivity index (χ2v) is 7.99. The van der Waals surface area contributed by atoms with Crippen molar-refractivity contribution in [2.45, 2.75) is 11.7 Å². The summed E-state index contributed by atoms with van der Waals surface area (Å²) >= 11 is 0. The van der Waals surface area contributed by atoms with Crippen LogP contribution < -0.4 is 0 Å². The number of hydrogen-bond donors (Lipinski definition) is 0. The number of sulfonamides is 1. The molecule has 0 saturated heterocycles. The first kappa shape index (κ1) is 14.1. The molecule has 0 spiro atoms. The Morgan fingerprint density at radius 3 is 2.35 bits per heavy atom. The molecule has 9 heteroatoms. The van der Waals surface area contributed by atoms with E-state index in [1.54, 1.807) is 0 Å². The smallest absolute Gasteiger partial charge is 0.227 e. The van der Waals surface area contributed by atoms with Crippen molar-refractivity contribution in [2.24, 2.45) is 0 Å². The maximum Gasteiger partial charge on any atom is 0.227 e. The molecular weight excluding hydrogens is 266 g/mol. The number of nitrogens with zero attached hydrogens (tertiary/aromatic N) is 3. The van der Waals surface area contributed by atoms with Crippen molar-refractivity contribution >= 4 is 19.9 Å². The van der Waals surface area contributed by atoms with E-state index in [1.165, 1.54) is 31.1 Å². The zero-order valence-electron chi connectivity index (χ0n) is 9.86. The van der Waals surface area contributed by atoms with Gasteiger partial charge in [0, 0.05) is 39.3 Å². The van der Waals surface area contributed by atoms with Crippen molar-refractivity contribution in [1.82, 2.24) is 13.9 Å². The van der Waals surface area contributed by atoms with Crippen LogP contribution in [0.15, 0.2) is 17.6 Å². The molecule has 0 amide bonds. The summed E-state index contributed by atoms with van der Waals surface area (Å²) in [5.41, 5.74) is 0. The Balaban J connectivity index is 2.89. The van der Waals surface area contributed by atoms with E-state index in [9.17, 15) is 16.8 Å². The van der Waals surface area contributed by atoms with Crippen LogP contribution in [0.4, 0.5) is 0 Å². The molecule has 0 aliphatic rings. The summed E-state index contributed by atoms with van der Waals surface area (Å²) in [6.07, 6.45) is 3.81. The quantitative estimate of drug-likeness (QED) is 0.703. The summed E-state index contributed by atoms with van der Waals surface area (Å²) in [5, 5.41) is -0.119. The van der Waals surface area contributed by atoms with Crippen molar-refractivity contribution in [3.05, 3.63) is 12.4 Å². The minimum Gasteiger partial charge on any atom is -0.321 e. The SMILES string of the molecule is CN(C)S(=O)(=O)CCn1ccnc1S(C)(=O)=O. The summed E-state index contributed by atoms with van der Waals surface area (Å²) in [5.74, 6) is -0.168. The van der Waals surface area contributed by atoms with Gasteiger partial charge in [0.05, 0.1) is 5.75 Å². The Bertz CT molecular complexity index is 586. The molecule has 1 aromatic heterocycles. The van der Waals surface area contributed by atoms with Crippen LogP contribution in [-0.4, -0.2) is 56.8 Å². The van der Waals surface area contributed by atoms with Crippen molar-refractivity contribution in [1.29, 1.82) is 0 Å². The number of hydrogen-bond acceptors (Lipinski definition) is 5. The normalized spacial score (nSPS) is 13.2. The summed E-state index contributed by atoms with van der Waals surface area (Å²) in [4.78, 5) is 3.70. The predicted octanol–water partition coefficient (Wildman–Crippen LogP) is -0.822. The Labute approximate surface area is 101 Å². The number of aromatic nitrogens is 2. The summed E-state index contributed by atoms with van der Waals surface area (Å²) in [6, 6.07) is 0. The number of rotatable bonds is 5. The third-order valence-electron chi connectivity index (χ3n) is 2.16. The Kier molecular flexibility index (Phi) is 3.95. The number of aryl methyl sites for hydroxylation is 1. The van der Waals surface area contributed by atoms with E-state index in [-0.39, 0.29) is 17.5 Å². The van der Waals surface area contributed by atoms with Crippen LogP contribution in [0.1, 0.15) is 0 Å². The fraction of sp³-hybridized carbons (Fsp3) is 0.625. The third-order valence-corrected chi connectivity index (χ3v) is 4.97. The van der Waals surface area contributed by atoms with Crippen LogP contribution in [0.3, 0.4) is 0 Å². The molecule has 0 bridgehead atoms. The summed E-state index contributed by atoms with van der Waals surface area (Å²) in [6.45, 7) is 0.0584. The van der Waals surface area contributed by atoms with E-state index in [4.69, 9.17) is 0 Å². The fourth-order valence-corrected chi connectivity index (χ4v) is 2.81. The number of sulfone groups is 1. The molecule has 0 atom stereocenters. The first-order chi connectivity index (χ1) is 7.64. The molecular formula is C8H15N3O4S2. The number of imidazole rings is 1. The molecule has 7 nitrogen and oxygen atoms in total. The first-order valence-corrected chi connectivity index (χ1v) is 8.26. The highest BCUT2D eigenvalue weighted by molar-refractivity contribution is 7.90. The summed E-state index contributed by atoms with van der Waals surface area (Å²) < 4.78 is 48.1. The van der Waals surface area contributed by atoms with E-state index >= 15 is 0 Å². The second kappa shape index (κ2) is 4.75. The van der Waals surface area contributed by atoms with Gasteiger partial charge >= 0.3 is 0 Å². The molecule has 17 heavy (non-hydrogen) atoms. The van der Waals surface area contributed by atoms with Crippen molar-refractivity contribution in [3.63, 3.8) is 0 Å². The average molecular weight is 281 g/mol. The van der Waals surface area contributed by atoms with Crippen LogP contribution in [0.5, 0.6) is 0 Å². The van der Waals surface area contributed by atoms with Crippen LogP contribution in [-0.2, 0) is 26.4 Å². The molecule has 0 saturated carbocycles. The summed E-state index contributed by atoms with van der Waals surface area (Å²) in [7, 11) is -3.92. The highest BCUT2D eigenvalue weighted by Gasteiger charge is 2.18. The van der Waals surface area contributed by atoms with E-state index in [0.29, 0.717) is 0 Å². The van der Waals surface area contributed by atoms with Gasteiger partial charge in [0.15, 0.2) is 0 Å². The van der Waals surface area contributed by atoms with Gasteiger partial charge in [-0.15, -0.1) is 0 Å². The Morgan fingerprint density at radius 2 is 1.88 bits per heavy atom. The van der Waals surface area contributed by atoms with Gasteiger partial charge in [0.1, 0.15) is 0 Å². The van der Waals surface area contributed by atoms with Crippen LogP contribution in [0.25, 0.3) is 0 Å². The Morgan fingerprint density at radius 1 is 1.29 bits per heavy atom. The lowest BCUT2D eigenvalue weighted by Gasteiger charge is -2.12. The van der Waals surface area contributed by atoms with E-state index in [0.717, 1.165) is 10.6 Å². The Hall–Kier alpha value is -0.930. The topological polar surface area (TPSA) is 89.3 Å². The van der Waals surface area contributed by atoms with E-state index < -0.39 is 19.9 Å². The van der Waals surface area contributed by atoms with Gasteiger partial charge in [-0.2, -0.15) is 0 Å². The minimum absolute atomic E-state index is 0.0584. The predicted molar refractivity (Wildman–Crippen MR) is 62.8 cm³/mol. The highest BCUT2D eigenvalue weighted by atomic mass is 32.2. The molecule has 0 unspecified atom stereocenters. The zero-order valence-corrected chi connectivity index (χ0v) is 11.5. The molecule has 0 aliphatic heterocycles. The van der Waals surface area contributed by atoms with Crippen LogP contribution in [0, 0.1) is 0 Å².